The summed E-state index contributed by atoms with van der Waals surface area (Å²) in [4.78, 5) is 35.9. The van der Waals surface area contributed by atoms with Crippen molar-refractivity contribution in [3.05, 3.63) is 99.0 Å². The normalized spacial score (nSPS) is 11.9. The molecule has 1 heterocycles. The van der Waals surface area contributed by atoms with E-state index in [1.165, 1.54) is 16.8 Å². The summed E-state index contributed by atoms with van der Waals surface area (Å²) in [6.07, 6.45) is 1.39. The molecule has 0 aliphatic carbocycles. The first-order chi connectivity index (χ1) is 12.1. The van der Waals surface area contributed by atoms with Gasteiger partial charge in [-0.05, 0) is 0 Å². The fourth-order valence-corrected chi connectivity index (χ4v) is 4.19. The van der Waals surface area contributed by atoms with Crippen molar-refractivity contribution >= 4 is 24.1 Å². The van der Waals surface area contributed by atoms with Gasteiger partial charge in [0.15, 0.2) is 0 Å². The Morgan fingerprint density at radius 3 is 2.40 bits per heavy atom. The van der Waals surface area contributed by atoms with Crippen LogP contribution in [-0.4, -0.2) is 24.2 Å². The van der Waals surface area contributed by atoms with Crippen LogP contribution in [0, 0.1) is 0 Å². The van der Waals surface area contributed by atoms with Gasteiger partial charge >= 0.3 is 150 Å². The van der Waals surface area contributed by atoms with Crippen molar-refractivity contribution in [3.63, 3.8) is 0 Å². The number of carbonyl (C=O) groups excluding carboxylic acids is 1. The Labute approximate surface area is 150 Å². The molecule has 25 heavy (non-hydrogen) atoms. The van der Waals surface area contributed by atoms with Crippen LogP contribution < -0.4 is 15.8 Å². The van der Waals surface area contributed by atoms with E-state index in [1.54, 1.807) is 19.1 Å². The standard InChI is InChI=1S/C19H15NO4Se/c1-13(20-12-11-17(21)24-19(20)23)15-9-5-6-10-16(15)18(22)25-14-7-3-2-4-8-14/h2-13H,1H3. The maximum absolute atomic E-state index is 12.8. The van der Waals surface area contributed by atoms with E-state index in [0.29, 0.717) is 5.56 Å². The molecule has 0 saturated heterocycles. The predicted molar refractivity (Wildman–Crippen MR) is 95.7 cm³/mol. The summed E-state index contributed by atoms with van der Waals surface area (Å²) in [5.41, 5.74) is 0.614. The van der Waals surface area contributed by atoms with E-state index < -0.39 is 17.4 Å². The monoisotopic (exact) mass is 401 g/mol. The summed E-state index contributed by atoms with van der Waals surface area (Å²) < 4.78 is 6.95. The first kappa shape index (κ1) is 17.1. The quantitative estimate of drug-likeness (QED) is 0.610. The molecule has 0 aliphatic rings. The summed E-state index contributed by atoms with van der Waals surface area (Å²) in [6, 6.07) is 17.6. The van der Waals surface area contributed by atoms with Crippen LogP contribution in [0.15, 0.2) is 80.9 Å². The molecule has 0 spiro atoms. The van der Waals surface area contributed by atoms with Crippen LogP contribution >= 0.6 is 0 Å². The summed E-state index contributed by atoms with van der Waals surface area (Å²) in [5, 5.41) is 0. The topological polar surface area (TPSA) is 69.3 Å². The number of benzene rings is 2. The molecule has 1 aromatic heterocycles. The Hall–Kier alpha value is -2.69. The third kappa shape index (κ3) is 3.87. The van der Waals surface area contributed by atoms with Crippen LogP contribution in [0.1, 0.15) is 28.9 Å². The summed E-state index contributed by atoms with van der Waals surface area (Å²) in [6.45, 7) is 1.79. The molecule has 0 saturated carbocycles. The zero-order valence-corrected chi connectivity index (χ0v) is 15.1. The van der Waals surface area contributed by atoms with Crippen molar-refractivity contribution in [1.82, 2.24) is 4.57 Å². The van der Waals surface area contributed by atoms with Gasteiger partial charge in [-0.1, -0.05) is 0 Å². The van der Waals surface area contributed by atoms with Crippen LogP contribution in [0.4, 0.5) is 0 Å². The van der Waals surface area contributed by atoms with Crippen molar-refractivity contribution < 1.29 is 9.21 Å². The van der Waals surface area contributed by atoms with Crippen LogP contribution in [0.3, 0.4) is 0 Å². The fraction of sp³-hybridized carbons (Fsp3) is 0.105. The second kappa shape index (κ2) is 7.47. The Bertz CT molecular complexity index is 1010. The van der Waals surface area contributed by atoms with Gasteiger partial charge in [-0.3, -0.25) is 0 Å². The van der Waals surface area contributed by atoms with Crippen molar-refractivity contribution in [2.24, 2.45) is 0 Å². The second-order valence-electron chi connectivity index (χ2n) is 5.38. The van der Waals surface area contributed by atoms with Crippen LogP contribution in [0.25, 0.3) is 0 Å². The molecule has 0 aliphatic heterocycles. The first-order valence-corrected chi connectivity index (χ1v) is 9.36. The number of nitrogens with zero attached hydrogens (tertiary/aromatic N) is 1. The van der Waals surface area contributed by atoms with Gasteiger partial charge in [0.2, 0.25) is 0 Å². The molecular formula is C19H15NO4Se. The molecule has 3 aromatic rings. The molecule has 6 heteroatoms. The molecule has 1 atom stereocenters. The Morgan fingerprint density at radius 2 is 1.68 bits per heavy atom. The Kier molecular flexibility index (Phi) is 5.12. The van der Waals surface area contributed by atoms with E-state index in [4.69, 9.17) is 0 Å². The predicted octanol–water partition coefficient (Wildman–Crippen LogP) is 1.58. The van der Waals surface area contributed by atoms with Crippen molar-refractivity contribution in [3.8, 4) is 0 Å². The number of rotatable bonds is 5. The Morgan fingerprint density at radius 1 is 1.00 bits per heavy atom. The van der Waals surface area contributed by atoms with Gasteiger partial charge in [-0.15, -0.1) is 0 Å². The average Bonchev–Trinajstić information content (AvgIpc) is 2.62. The van der Waals surface area contributed by atoms with Crippen LogP contribution in [0.2, 0.25) is 0 Å². The fourth-order valence-electron chi connectivity index (χ4n) is 2.51. The molecule has 3 rings (SSSR count). The van der Waals surface area contributed by atoms with Crippen LogP contribution in [-0.2, 0) is 0 Å². The van der Waals surface area contributed by atoms with Gasteiger partial charge < -0.3 is 0 Å². The molecule has 0 N–H and O–H groups in total. The Balaban J connectivity index is 1.96. The molecule has 0 radical (unpaired) electrons. The van der Waals surface area contributed by atoms with E-state index in [2.05, 4.69) is 4.42 Å². The third-order valence-electron chi connectivity index (χ3n) is 3.77. The van der Waals surface area contributed by atoms with E-state index >= 15 is 0 Å². The minimum absolute atomic E-state index is 0.0339. The van der Waals surface area contributed by atoms with Gasteiger partial charge in [0.1, 0.15) is 0 Å². The minimum atomic E-state index is -0.740. The van der Waals surface area contributed by atoms with Crippen molar-refractivity contribution in [1.29, 1.82) is 0 Å². The first-order valence-electron chi connectivity index (χ1n) is 7.64. The molecule has 1 unspecified atom stereocenters. The van der Waals surface area contributed by atoms with Gasteiger partial charge in [0.05, 0.1) is 0 Å². The van der Waals surface area contributed by atoms with E-state index in [0.717, 1.165) is 10.0 Å². The van der Waals surface area contributed by atoms with E-state index in [1.807, 2.05) is 42.5 Å². The molecule has 0 amide bonds. The van der Waals surface area contributed by atoms with Gasteiger partial charge in [-0.2, -0.15) is 0 Å². The van der Waals surface area contributed by atoms with Gasteiger partial charge in [-0.25, -0.2) is 0 Å². The van der Waals surface area contributed by atoms with Gasteiger partial charge in [0.25, 0.3) is 0 Å². The molecule has 5 nitrogen and oxygen atoms in total. The van der Waals surface area contributed by atoms with E-state index in [9.17, 15) is 14.4 Å². The summed E-state index contributed by atoms with van der Waals surface area (Å²) in [5.74, 6) is -0.740. The number of hydrogen-bond acceptors (Lipinski definition) is 4. The SMILES string of the molecule is CC(c1ccccc1C(=O)[Se]c1ccccc1)n1ccc(=O)oc1=O. The molecule has 0 bridgehead atoms. The average molecular weight is 400 g/mol. The number of aromatic nitrogens is 1. The van der Waals surface area contributed by atoms with Gasteiger partial charge in [0, 0.05) is 0 Å². The second-order valence-corrected chi connectivity index (χ2v) is 7.57. The van der Waals surface area contributed by atoms with E-state index in [-0.39, 0.29) is 19.6 Å². The zero-order valence-electron chi connectivity index (χ0n) is 13.4. The molecule has 126 valence electrons. The molecular weight excluding hydrogens is 385 g/mol. The maximum atomic E-state index is 12.8. The summed E-state index contributed by atoms with van der Waals surface area (Å²) in [7, 11) is 0. The van der Waals surface area contributed by atoms with Crippen molar-refractivity contribution in [2.45, 2.75) is 13.0 Å². The number of hydrogen-bond donors (Lipinski definition) is 0. The zero-order chi connectivity index (χ0) is 17.8. The van der Waals surface area contributed by atoms with Crippen molar-refractivity contribution in [2.75, 3.05) is 0 Å². The molecule has 2 aromatic carbocycles. The van der Waals surface area contributed by atoms with Crippen LogP contribution in [0.5, 0.6) is 0 Å². The molecule has 0 fully saturated rings. The number of carbonyl (C=O) groups is 1. The summed E-state index contributed by atoms with van der Waals surface area (Å²) >= 11 is -0.356. The third-order valence-corrected chi connectivity index (χ3v) is 5.69.